The number of allylic oxidation sites excluding steroid dienone is 1. The SMILES string of the molecule is COC(=O)CCCCNC(=O)C1CN(CCCNc2ccc(S(=O)(=O)NC(=O)c3ccc(N4CCN(CC5=C(c6ccc(Cl)cc6)CC(C)(C)CC5)CC4)cc3Oc3cnc4[nH]ccc4c3)cc2S(=O)(=O)C(F)(F)F)C1. The van der Waals surface area contributed by atoms with Crippen LogP contribution >= 0.6 is 11.6 Å². The number of rotatable bonds is 21. The van der Waals surface area contributed by atoms with Crippen LogP contribution in [0, 0.1) is 11.3 Å². The number of fused-ring (bicyclic) bond motifs is 1. The van der Waals surface area contributed by atoms with Crippen LogP contribution < -0.4 is 25.0 Å². The minimum absolute atomic E-state index is 0.000617. The van der Waals surface area contributed by atoms with Crippen LogP contribution in [-0.2, 0) is 34.2 Å². The van der Waals surface area contributed by atoms with E-state index < -0.39 is 46.8 Å². The van der Waals surface area contributed by atoms with E-state index >= 15 is 0 Å². The van der Waals surface area contributed by atoms with Gasteiger partial charge >= 0.3 is 11.5 Å². The molecular weight excluding hydrogens is 1050 g/mol. The summed E-state index contributed by atoms with van der Waals surface area (Å²) in [6, 6.07) is 18.3. The predicted molar refractivity (Wildman–Crippen MR) is 284 cm³/mol. The Bertz CT molecular complexity index is 3190. The average Bonchev–Trinajstić information content (AvgIpc) is 3.85. The number of amides is 2. The zero-order valence-corrected chi connectivity index (χ0v) is 44.9. The fourth-order valence-electron chi connectivity index (χ4n) is 9.68. The maximum atomic E-state index is 14.1. The van der Waals surface area contributed by atoms with Crippen molar-refractivity contribution in [2.24, 2.45) is 11.3 Å². The highest BCUT2D eigenvalue weighted by atomic mass is 35.5. The zero-order valence-electron chi connectivity index (χ0n) is 42.5. The topological polar surface area (TPSA) is 212 Å². The Hall–Kier alpha value is -6.20. The van der Waals surface area contributed by atoms with Gasteiger partial charge in [-0.05, 0) is 116 Å². The molecule has 408 valence electrons. The van der Waals surface area contributed by atoms with E-state index in [9.17, 15) is 44.4 Å². The van der Waals surface area contributed by atoms with E-state index in [2.05, 4.69) is 61.1 Å². The molecule has 8 rings (SSSR count). The number of piperazine rings is 1. The van der Waals surface area contributed by atoms with Gasteiger partial charge in [0.1, 0.15) is 22.0 Å². The first-order valence-electron chi connectivity index (χ1n) is 25.1. The number of anilines is 2. The van der Waals surface area contributed by atoms with Crippen molar-refractivity contribution in [1.82, 2.24) is 29.8 Å². The minimum atomic E-state index is -6.11. The molecule has 0 saturated carbocycles. The quantitative estimate of drug-likeness (QED) is 0.0402. The lowest BCUT2D eigenvalue weighted by molar-refractivity contribution is -0.140. The molecule has 2 fully saturated rings. The maximum Gasteiger partial charge on any atom is 0.501 e. The summed E-state index contributed by atoms with van der Waals surface area (Å²) in [6.45, 7) is 9.86. The number of sulfonamides is 1. The van der Waals surface area contributed by atoms with Crippen LogP contribution in [0.5, 0.6) is 11.5 Å². The third-order valence-electron chi connectivity index (χ3n) is 14.1. The molecule has 23 heteroatoms. The van der Waals surface area contributed by atoms with Gasteiger partial charge in [-0.25, -0.2) is 26.5 Å². The van der Waals surface area contributed by atoms with E-state index in [4.69, 9.17) is 16.3 Å². The molecule has 0 bridgehead atoms. The zero-order chi connectivity index (χ0) is 54.4. The number of sulfone groups is 1. The summed E-state index contributed by atoms with van der Waals surface area (Å²) in [5, 5.41) is 6.92. The predicted octanol–water partition coefficient (Wildman–Crippen LogP) is 8.40. The molecule has 1 aliphatic carbocycles. The molecule has 0 radical (unpaired) electrons. The summed E-state index contributed by atoms with van der Waals surface area (Å²) in [4.78, 5) is 49.5. The summed E-state index contributed by atoms with van der Waals surface area (Å²) in [5.41, 5.74) is -1.14. The summed E-state index contributed by atoms with van der Waals surface area (Å²) in [5.74, 6) is -1.70. The molecule has 0 atom stereocenters. The molecule has 0 spiro atoms. The molecule has 3 aromatic carbocycles. The van der Waals surface area contributed by atoms with Gasteiger partial charge in [-0.3, -0.25) is 19.3 Å². The lowest BCUT2D eigenvalue weighted by Crippen LogP contribution is -2.53. The molecule has 5 aromatic rings. The fourth-order valence-corrected chi connectivity index (χ4v) is 11.8. The van der Waals surface area contributed by atoms with Crippen LogP contribution in [0.25, 0.3) is 16.6 Å². The summed E-state index contributed by atoms with van der Waals surface area (Å²) >= 11 is 6.24. The van der Waals surface area contributed by atoms with Crippen molar-refractivity contribution >= 4 is 77.2 Å². The van der Waals surface area contributed by atoms with Gasteiger partial charge in [-0.1, -0.05) is 43.2 Å². The molecule has 0 unspecified atom stereocenters. The molecule has 17 nitrogen and oxygen atoms in total. The second kappa shape index (κ2) is 23.6. The van der Waals surface area contributed by atoms with Crippen LogP contribution in [0.2, 0.25) is 5.02 Å². The Balaban J connectivity index is 0.939. The number of halogens is 4. The number of H-pyrrole nitrogens is 1. The van der Waals surface area contributed by atoms with Gasteiger partial charge in [0.25, 0.3) is 25.8 Å². The van der Waals surface area contributed by atoms with Crippen LogP contribution in [0.4, 0.5) is 24.5 Å². The average molecular weight is 1110 g/mol. The van der Waals surface area contributed by atoms with Crippen LogP contribution in [0.3, 0.4) is 0 Å². The van der Waals surface area contributed by atoms with E-state index in [1.165, 1.54) is 36.1 Å². The van der Waals surface area contributed by atoms with E-state index in [0.717, 1.165) is 51.0 Å². The molecule has 2 aromatic heterocycles. The Labute approximate surface area is 445 Å². The monoisotopic (exact) mass is 1110 g/mol. The highest BCUT2D eigenvalue weighted by Gasteiger charge is 2.48. The third kappa shape index (κ3) is 13.7. The number of benzene rings is 3. The highest BCUT2D eigenvalue weighted by molar-refractivity contribution is 7.92. The van der Waals surface area contributed by atoms with Gasteiger partial charge in [0.2, 0.25) is 5.91 Å². The van der Waals surface area contributed by atoms with Crippen molar-refractivity contribution in [3.63, 3.8) is 0 Å². The normalized spacial score (nSPS) is 16.8. The number of nitrogens with zero attached hydrogens (tertiary/aromatic N) is 4. The second-order valence-electron chi connectivity index (χ2n) is 20.2. The highest BCUT2D eigenvalue weighted by Crippen LogP contribution is 2.44. The van der Waals surface area contributed by atoms with Crippen LogP contribution in [0.1, 0.15) is 74.7 Å². The van der Waals surface area contributed by atoms with Crippen molar-refractivity contribution < 1.29 is 53.9 Å². The van der Waals surface area contributed by atoms with Gasteiger partial charge in [-0.15, -0.1) is 0 Å². The van der Waals surface area contributed by atoms with Crippen molar-refractivity contribution in [3.05, 3.63) is 107 Å². The van der Waals surface area contributed by atoms with Gasteiger partial charge in [0.05, 0.1) is 35.4 Å². The Morgan fingerprint density at radius 3 is 2.37 bits per heavy atom. The van der Waals surface area contributed by atoms with Crippen molar-refractivity contribution in [2.75, 3.05) is 82.8 Å². The first kappa shape index (κ1) is 56.0. The number of likely N-dealkylation sites (tertiary alicyclic amines) is 1. The van der Waals surface area contributed by atoms with Crippen molar-refractivity contribution in [3.8, 4) is 11.5 Å². The van der Waals surface area contributed by atoms with Crippen molar-refractivity contribution in [2.45, 2.75) is 74.1 Å². The molecule has 4 N–H and O–H groups in total. The van der Waals surface area contributed by atoms with E-state index in [1.54, 1.807) is 30.5 Å². The third-order valence-corrected chi connectivity index (χ3v) is 17.2. The number of carbonyl (C=O) groups is 3. The first-order chi connectivity index (χ1) is 36.1. The maximum absolute atomic E-state index is 14.1. The van der Waals surface area contributed by atoms with Gasteiger partial charge in [-0.2, -0.15) is 13.2 Å². The van der Waals surface area contributed by atoms with Gasteiger partial charge in [0, 0.05) is 93.7 Å². The number of hydrogen-bond donors (Lipinski definition) is 4. The Morgan fingerprint density at radius 1 is 0.895 bits per heavy atom. The smallest absolute Gasteiger partial charge is 0.469 e. The summed E-state index contributed by atoms with van der Waals surface area (Å²) < 4.78 is 109. The van der Waals surface area contributed by atoms with Crippen LogP contribution in [-0.4, -0.2) is 132 Å². The number of esters is 1. The standard InChI is InChI=1S/C53H62ClF3N8O9S2/c1-52(2)18-16-37(44(30-52)35-8-10-39(54)11-9-35)32-63-23-25-65(26-24-63)40-12-14-43(46(28-40)74-41-27-36-17-21-59-49(36)61-31-41)51(68)62-76(71,72)42-13-15-45(47(29-42)75(69,70)53(55,56)57)58-20-6-22-64-33-38(34-64)50(67)60-19-5-4-7-48(66)73-3/h8-15,17,21,27-29,31,38,58H,4-7,16,18-20,22-26,30,32-34H2,1-3H3,(H,59,61)(H,60,67)(H,62,68). The number of pyridine rings is 1. The Morgan fingerprint density at radius 2 is 1.64 bits per heavy atom. The van der Waals surface area contributed by atoms with Crippen LogP contribution in [0.15, 0.2) is 101 Å². The molecule has 76 heavy (non-hydrogen) atoms. The number of methoxy groups -OCH3 is 1. The van der Waals surface area contributed by atoms with Gasteiger partial charge < -0.3 is 34.9 Å². The molecule has 4 heterocycles. The van der Waals surface area contributed by atoms with E-state index in [0.29, 0.717) is 86.3 Å². The molecule has 2 saturated heterocycles. The number of hydrogen-bond acceptors (Lipinski definition) is 14. The van der Waals surface area contributed by atoms with Gasteiger partial charge in [0.15, 0.2) is 0 Å². The minimum Gasteiger partial charge on any atom is -0.469 e. The summed E-state index contributed by atoms with van der Waals surface area (Å²) in [6.07, 6.45) is 7.93. The fraction of sp³-hybridized carbons (Fsp3) is 0.434. The molecule has 2 aliphatic heterocycles. The molecule has 2 amide bonds. The Kier molecular flexibility index (Phi) is 17.4. The van der Waals surface area contributed by atoms with Crippen molar-refractivity contribution in [1.29, 1.82) is 0 Å². The van der Waals surface area contributed by atoms with E-state index in [-0.39, 0.29) is 53.2 Å². The number of aromatic amines is 1. The largest absolute Gasteiger partial charge is 0.501 e. The first-order valence-corrected chi connectivity index (χ1v) is 28.5. The molecule has 3 aliphatic rings. The number of unbranched alkanes of at least 4 members (excludes halogenated alkanes) is 1. The lowest BCUT2D eigenvalue weighted by Gasteiger charge is -2.39. The number of ether oxygens (including phenoxy) is 2. The molecular formula is C53H62ClF3N8O9S2. The number of alkyl halides is 3. The number of nitrogens with one attached hydrogen (secondary N) is 4. The summed E-state index contributed by atoms with van der Waals surface area (Å²) in [7, 11) is -9.82. The number of aromatic nitrogens is 2. The lowest BCUT2D eigenvalue weighted by atomic mass is 9.72. The second-order valence-corrected chi connectivity index (χ2v) is 24.2. The van der Waals surface area contributed by atoms with E-state index in [1.807, 2.05) is 21.8 Å². The number of carbonyl (C=O) groups excluding carboxylic acids is 3.